The van der Waals surface area contributed by atoms with E-state index in [-0.39, 0.29) is 11.4 Å². The SMILES string of the molecule is COc1ccc(-c2csc(-n3[nH]c(-c4ccc([N+](=O)[O-])cc4)c(N=Nc4ccc(Br)cc4)c3=O)n2)cc1. The summed E-state index contributed by atoms with van der Waals surface area (Å²) in [5, 5.41) is 24.9. The molecule has 2 aromatic heterocycles. The molecule has 0 atom stereocenters. The van der Waals surface area contributed by atoms with E-state index in [4.69, 9.17) is 4.74 Å². The average molecular weight is 577 g/mol. The summed E-state index contributed by atoms with van der Waals surface area (Å²) in [5.74, 6) is 0.730. The van der Waals surface area contributed by atoms with Gasteiger partial charge < -0.3 is 4.74 Å². The molecule has 5 rings (SSSR count). The first-order chi connectivity index (χ1) is 17.9. The molecule has 0 aliphatic rings. The van der Waals surface area contributed by atoms with Gasteiger partial charge >= 0.3 is 5.56 Å². The van der Waals surface area contributed by atoms with E-state index in [1.165, 1.54) is 28.2 Å². The van der Waals surface area contributed by atoms with Crippen molar-refractivity contribution in [3.63, 3.8) is 0 Å². The highest BCUT2D eigenvalue weighted by atomic mass is 79.9. The van der Waals surface area contributed by atoms with Gasteiger partial charge in [0.2, 0.25) is 5.13 Å². The molecule has 3 aromatic carbocycles. The Morgan fingerprint density at radius 2 is 1.68 bits per heavy atom. The molecule has 0 spiro atoms. The van der Waals surface area contributed by atoms with Crippen molar-refractivity contribution in [1.82, 2.24) is 14.8 Å². The summed E-state index contributed by atoms with van der Waals surface area (Å²) in [6, 6.07) is 20.4. The number of nitrogens with one attached hydrogen (secondary N) is 1. The van der Waals surface area contributed by atoms with Crippen molar-refractivity contribution in [3.05, 3.63) is 103 Å². The maximum atomic E-state index is 13.5. The molecule has 5 aromatic rings. The minimum absolute atomic E-state index is 0.0537. The monoisotopic (exact) mass is 576 g/mol. The van der Waals surface area contributed by atoms with Crippen LogP contribution in [0.4, 0.5) is 17.1 Å². The number of halogens is 1. The second-order valence-corrected chi connectivity index (χ2v) is 9.45. The number of ether oxygens (including phenoxy) is 1. The molecule has 0 aliphatic carbocycles. The van der Waals surface area contributed by atoms with Crippen LogP contribution in [-0.4, -0.2) is 26.8 Å². The van der Waals surface area contributed by atoms with Crippen LogP contribution in [0, 0.1) is 10.1 Å². The van der Waals surface area contributed by atoms with E-state index < -0.39 is 10.5 Å². The van der Waals surface area contributed by atoms with Gasteiger partial charge in [0.15, 0.2) is 5.69 Å². The summed E-state index contributed by atoms with van der Waals surface area (Å²) in [4.78, 5) is 28.7. The summed E-state index contributed by atoms with van der Waals surface area (Å²) in [6.45, 7) is 0. The van der Waals surface area contributed by atoms with E-state index >= 15 is 0 Å². The molecule has 12 heteroatoms. The lowest BCUT2D eigenvalue weighted by Crippen LogP contribution is -2.13. The van der Waals surface area contributed by atoms with Gasteiger partial charge in [-0.15, -0.1) is 16.5 Å². The number of aromatic amines is 1. The van der Waals surface area contributed by atoms with Crippen molar-refractivity contribution in [2.75, 3.05) is 7.11 Å². The number of non-ortho nitro benzene ring substituents is 1. The Morgan fingerprint density at radius 3 is 2.32 bits per heavy atom. The van der Waals surface area contributed by atoms with Crippen LogP contribution in [0.1, 0.15) is 0 Å². The van der Waals surface area contributed by atoms with Crippen molar-refractivity contribution in [2.45, 2.75) is 0 Å². The van der Waals surface area contributed by atoms with Crippen molar-refractivity contribution in [2.24, 2.45) is 10.2 Å². The molecule has 0 saturated carbocycles. The van der Waals surface area contributed by atoms with Gasteiger partial charge in [-0.1, -0.05) is 15.9 Å². The fourth-order valence-electron chi connectivity index (χ4n) is 3.48. The fraction of sp³-hybridized carbons (Fsp3) is 0.0400. The van der Waals surface area contributed by atoms with Crippen LogP contribution < -0.4 is 10.3 Å². The highest BCUT2D eigenvalue weighted by Gasteiger charge is 2.20. The minimum Gasteiger partial charge on any atom is -0.497 e. The summed E-state index contributed by atoms with van der Waals surface area (Å²) < 4.78 is 7.39. The Bertz CT molecular complexity index is 1660. The number of thiazole rings is 1. The van der Waals surface area contributed by atoms with Crippen molar-refractivity contribution in [1.29, 1.82) is 0 Å². The average Bonchev–Trinajstić information content (AvgIpc) is 3.53. The highest BCUT2D eigenvalue weighted by molar-refractivity contribution is 9.10. The molecule has 37 heavy (non-hydrogen) atoms. The summed E-state index contributed by atoms with van der Waals surface area (Å²) in [5.41, 5.74) is 2.56. The first-order valence-corrected chi connectivity index (χ1v) is 12.5. The first-order valence-electron chi connectivity index (χ1n) is 10.8. The number of azo groups is 1. The Hall–Kier alpha value is -4.42. The smallest absolute Gasteiger partial charge is 0.301 e. The molecule has 0 fully saturated rings. The van der Waals surface area contributed by atoms with Crippen LogP contribution in [0.3, 0.4) is 0 Å². The highest BCUT2D eigenvalue weighted by Crippen LogP contribution is 2.31. The van der Waals surface area contributed by atoms with Crippen LogP contribution in [0.5, 0.6) is 5.75 Å². The van der Waals surface area contributed by atoms with E-state index in [0.717, 1.165) is 15.8 Å². The number of rotatable bonds is 7. The maximum absolute atomic E-state index is 13.5. The normalized spacial score (nSPS) is 11.2. The zero-order valence-electron chi connectivity index (χ0n) is 19.2. The minimum atomic E-state index is -0.484. The quantitative estimate of drug-likeness (QED) is 0.126. The summed E-state index contributed by atoms with van der Waals surface area (Å²) in [7, 11) is 1.60. The molecule has 0 aliphatic heterocycles. The van der Waals surface area contributed by atoms with Crippen molar-refractivity contribution in [3.8, 4) is 33.4 Å². The lowest BCUT2D eigenvalue weighted by molar-refractivity contribution is -0.384. The third-order valence-corrected chi connectivity index (χ3v) is 6.75. The molecule has 0 amide bonds. The third kappa shape index (κ3) is 5.10. The summed E-state index contributed by atoms with van der Waals surface area (Å²) in [6.07, 6.45) is 0. The fourth-order valence-corrected chi connectivity index (χ4v) is 4.54. The number of nitro groups is 1. The predicted molar refractivity (Wildman–Crippen MR) is 144 cm³/mol. The molecule has 0 bridgehead atoms. The van der Waals surface area contributed by atoms with Gasteiger partial charge in [0.25, 0.3) is 5.69 Å². The van der Waals surface area contributed by atoms with Gasteiger partial charge in [0, 0.05) is 33.1 Å². The molecular formula is C25H17BrN6O4S. The van der Waals surface area contributed by atoms with E-state index in [1.807, 2.05) is 41.8 Å². The topological polar surface area (TPSA) is 128 Å². The Balaban J connectivity index is 1.58. The molecule has 184 valence electrons. The second kappa shape index (κ2) is 10.3. The molecule has 0 saturated heterocycles. The van der Waals surface area contributed by atoms with E-state index in [1.54, 1.807) is 31.4 Å². The first kappa shape index (κ1) is 24.3. The Morgan fingerprint density at radius 1 is 1.00 bits per heavy atom. The lowest BCUT2D eigenvalue weighted by atomic mass is 10.1. The van der Waals surface area contributed by atoms with Gasteiger partial charge in [-0.25, -0.2) is 4.98 Å². The number of aromatic nitrogens is 3. The van der Waals surface area contributed by atoms with E-state index in [9.17, 15) is 14.9 Å². The van der Waals surface area contributed by atoms with Gasteiger partial charge in [-0.2, -0.15) is 9.80 Å². The number of benzene rings is 3. The van der Waals surface area contributed by atoms with Crippen LogP contribution in [0.2, 0.25) is 0 Å². The third-order valence-electron chi connectivity index (χ3n) is 5.39. The number of hydrogen-bond acceptors (Lipinski definition) is 8. The van der Waals surface area contributed by atoms with Crippen LogP contribution in [-0.2, 0) is 0 Å². The molecule has 2 heterocycles. The zero-order chi connectivity index (χ0) is 25.9. The number of nitro benzene ring substituents is 1. The molecule has 1 N–H and O–H groups in total. The zero-order valence-corrected chi connectivity index (χ0v) is 21.6. The van der Waals surface area contributed by atoms with Crippen LogP contribution in [0.25, 0.3) is 27.6 Å². The Kier molecular flexibility index (Phi) is 6.75. The van der Waals surface area contributed by atoms with E-state index in [0.29, 0.717) is 27.8 Å². The van der Waals surface area contributed by atoms with E-state index in [2.05, 4.69) is 36.2 Å². The van der Waals surface area contributed by atoms with Gasteiger partial charge in [0.05, 0.1) is 29.1 Å². The second-order valence-electron chi connectivity index (χ2n) is 7.70. The number of nitrogens with zero attached hydrogens (tertiary/aromatic N) is 5. The van der Waals surface area contributed by atoms with Gasteiger partial charge in [0.1, 0.15) is 5.75 Å². The largest absolute Gasteiger partial charge is 0.497 e. The number of methoxy groups -OCH3 is 1. The van der Waals surface area contributed by atoms with Gasteiger partial charge in [-0.3, -0.25) is 20.0 Å². The maximum Gasteiger partial charge on any atom is 0.301 e. The Labute approximate surface area is 222 Å². The standard InChI is InChI=1S/C25H17BrN6O4S/c1-36-20-12-4-15(5-13-20)21-14-37-25(27-21)31-24(33)23(29-28-18-8-6-17(26)7-9-18)22(30-31)16-2-10-19(11-3-16)32(34)35/h2-14,30H,1H3. The van der Waals surface area contributed by atoms with Gasteiger partial charge in [-0.05, 0) is 60.7 Å². The molecule has 10 nitrogen and oxygen atoms in total. The van der Waals surface area contributed by atoms with Crippen molar-refractivity contribution < 1.29 is 9.66 Å². The predicted octanol–water partition coefficient (Wildman–Crippen LogP) is 7.05. The molecular weight excluding hydrogens is 560 g/mol. The molecule has 0 radical (unpaired) electrons. The number of hydrogen-bond donors (Lipinski definition) is 1. The molecule has 0 unspecified atom stereocenters. The summed E-state index contributed by atoms with van der Waals surface area (Å²) >= 11 is 4.66. The van der Waals surface area contributed by atoms with Crippen LogP contribution in [0.15, 0.2) is 97.7 Å². The van der Waals surface area contributed by atoms with Crippen molar-refractivity contribution >= 4 is 44.3 Å². The lowest BCUT2D eigenvalue weighted by Gasteiger charge is -2.01. The van der Waals surface area contributed by atoms with Crippen LogP contribution >= 0.6 is 27.3 Å². The number of H-pyrrole nitrogens is 1.